The molecule has 0 saturated carbocycles. The van der Waals surface area contributed by atoms with Gasteiger partial charge in [0.2, 0.25) is 0 Å². The lowest BCUT2D eigenvalue weighted by Crippen LogP contribution is -2.16. The summed E-state index contributed by atoms with van der Waals surface area (Å²) in [4.78, 5) is 0. The van der Waals surface area contributed by atoms with E-state index in [-0.39, 0.29) is 0 Å². The molecule has 4 rings (SSSR count). The zero-order valence-corrected chi connectivity index (χ0v) is 16.6. The molecule has 0 spiro atoms. The maximum Gasteiger partial charge on any atom is 0.118 e. The normalized spacial score (nSPS) is 10.8. The Labute approximate surface area is 171 Å². The van der Waals surface area contributed by atoms with Gasteiger partial charge in [-0.3, -0.25) is 0 Å². The topological polar surface area (TPSA) is 39.1 Å². The van der Waals surface area contributed by atoms with Crippen LogP contribution in [0.2, 0.25) is 0 Å². The lowest BCUT2D eigenvalue weighted by molar-refractivity contribution is 0.415. The Hall–Kier alpha value is -3.37. The van der Waals surface area contributed by atoms with E-state index < -0.39 is 0 Å². The SMILES string of the molecule is COc1ccc(-c2nn(-c3ccccc3)cc2CNCCc2ccccc2)cc1. The molecule has 0 aliphatic heterocycles. The molecular weight excluding hydrogens is 358 g/mol. The molecule has 0 aliphatic rings. The van der Waals surface area contributed by atoms with Gasteiger partial charge in [0.1, 0.15) is 5.75 Å². The number of ether oxygens (including phenoxy) is 1. The van der Waals surface area contributed by atoms with Crippen molar-refractivity contribution in [3.05, 3.63) is 102 Å². The average molecular weight is 383 g/mol. The summed E-state index contributed by atoms with van der Waals surface area (Å²) in [6.07, 6.45) is 3.12. The van der Waals surface area contributed by atoms with Crippen LogP contribution >= 0.6 is 0 Å². The van der Waals surface area contributed by atoms with E-state index in [1.807, 2.05) is 35.0 Å². The van der Waals surface area contributed by atoms with Crippen LogP contribution in [0.15, 0.2) is 91.1 Å². The van der Waals surface area contributed by atoms with Gasteiger partial charge in [-0.25, -0.2) is 4.68 Å². The molecule has 4 nitrogen and oxygen atoms in total. The van der Waals surface area contributed by atoms with Gasteiger partial charge in [0.15, 0.2) is 0 Å². The van der Waals surface area contributed by atoms with E-state index in [4.69, 9.17) is 9.84 Å². The first kappa shape index (κ1) is 19.0. The monoisotopic (exact) mass is 383 g/mol. The summed E-state index contributed by atoms with van der Waals surface area (Å²) in [5.41, 5.74) is 5.64. The number of nitrogens with one attached hydrogen (secondary N) is 1. The van der Waals surface area contributed by atoms with Gasteiger partial charge in [0, 0.05) is 23.9 Å². The van der Waals surface area contributed by atoms with Gasteiger partial charge in [-0.15, -0.1) is 0 Å². The van der Waals surface area contributed by atoms with Crippen LogP contribution in [0.3, 0.4) is 0 Å². The van der Waals surface area contributed by atoms with E-state index >= 15 is 0 Å². The number of nitrogens with zero attached hydrogens (tertiary/aromatic N) is 2. The molecule has 0 saturated heterocycles. The van der Waals surface area contributed by atoms with Crippen LogP contribution in [0.4, 0.5) is 0 Å². The van der Waals surface area contributed by atoms with Crippen LogP contribution in [0.1, 0.15) is 11.1 Å². The Balaban J connectivity index is 1.54. The maximum atomic E-state index is 5.29. The van der Waals surface area contributed by atoms with Crippen LogP contribution in [0, 0.1) is 0 Å². The number of methoxy groups -OCH3 is 1. The molecule has 3 aromatic carbocycles. The average Bonchev–Trinajstić information content (AvgIpc) is 3.22. The summed E-state index contributed by atoms with van der Waals surface area (Å²) in [7, 11) is 1.68. The predicted molar refractivity (Wildman–Crippen MR) is 117 cm³/mol. The third-order valence-corrected chi connectivity index (χ3v) is 4.92. The highest BCUT2D eigenvalue weighted by Gasteiger charge is 2.12. The molecule has 146 valence electrons. The van der Waals surface area contributed by atoms with Crippen molar-refractivity contribution in [2.24, 2.45) is 0 Å². The molecule has 0 amide bonds. The highest BCUT2D eigenvalue weighted by Crippen LogP contribution is 2.25. The van der Waals surface area contributed by atoms with E-state index in [0.29, 0.717) is 0 Å². The second kappa shape index (κ2) is 9.22. The van der Waals surface area contributed by atoms with Crippen molar-refractivity contribution >= 4 is 0 Å². The third-order valence-electron chi connectivity index (χ3n) is 4.92. The summed E-state index contributed by atoms with van der Waals surface area (Å²) in [6, 6.07) is 28.8. The second-order valence-electron chi connectivity index (χ2n) is 6.92. The lowest BCUT2D eigenvalue weighted by atomic mass is 10.1. The minimum absolute atomic E-state index is 0.765. The van der Waals surface area contributed by atoms with Gasteiger partial charge in [-0.1, -0.05) is 48.5 Å². The van der Waals surface area contributed by atoms with Gasteiger partial charge in [-0.2, -0.15) is 5.10 Å². The molecule has 0 aliphatic carbocycles. The summed E-state index contributed by atoms with van der Waals surface area (Å²) >= 11 is 0. The van der Waals surface area contributed by atoms with Crippen molar-refractivity contribution < 1.29 is 4.74 Å². The van der Waals surface area contributed by atoms with Gasteiger partial charge in [-0.05, 0) is 54.9 Å². The molecular formula is C25H25N3O. The van der Waals surface area contributed by atoms with E-state index in [0.717, 1.165) is 42.2 Å². The number of benzene rings is 3. The van der Waals surface area contributed by atoms with Crippen molar-refractivity contribution in [2.75, 3.05) is 13.7 Å². The fraction of sp³-hybridized carbons (Fsp3) is 0.160. The molecule has 1 heterocycles. The van der Waals surface area contributed by atoms with Crippen LogP contribution in [-0.2, 0) is 13.0 Å². The smallest absolute Gasteiger partial charge is 0.118 e. The quantitative estimate of drug-likeness (QED) is 0.441. The summed E-state index contributed by atoms with van der Waals surface area (Å²) in [5, 5.41) is 8.45. The number of aromatic nitrogens is 2. The molecule has 29 heavy (non-hydrogen) atoms. The fourth-order valence-corrected chi connectivity index (χ4v) is 3.34. The van der Waals surface area contributed by atoms with Crippen LogP contribution in [0.5, 0.6) is 5.75 Å². The lowest BCUT2D eigenvalue weighted by Gasteiger charge is -2.06. The number of hydrogen-bond acceptors (Lipinski definition) is 3. The van der Waals surface area contributed by atoms with Crippen molar-refractivity contribution in [3.8, 4) is 22.7 Å². The van der Waals surface area contributed by atoms with Crippen molar-refractivity contribution in [3.63, 3.8) is 0 Å². The first-order valence-corrected chi connectivity index (χ1v) is 9.86. The number of rotatable bonds is 8. The predicted octanol–water partition coefficient (Wildman–Crippen LogP) is 4.88. The van der Waals surface area contributed by atoms with E-state index in [2.05, 4.69) is 66.1 Å². The third kappa shape index (κ3) is 4.73. The molecule has 0 fully saturated rings. The second-order valence-corrected chi connectivity index (χ2v) is 6.92. The molecule has 0 unspecified atom stereocenters. The highest BCUT2D eigenvalue weighted by atomic mass is 16.5. The van der Waals surface area contributed by atoms with Crippen molar-refractivity contribution in [1.29, 1.82) is 0 Å². The fourth-order valence-electron chi connectivity index (χ4n) is 3.34. The van der Waals surface area contributed by atoms with Crippen molar-refractivity contribution in [2.45, 2.75) is 13.0 Å². The molecule has 0 radical (unpaired) electrons. The van der Waals surface area contributed by atoms with Crippen LogP contribution in [0.25, 0.3) is 16.9 Å². The number of para-hydroxylation sites is 1. The molecule has 0 bridgehead atoms. The molecule has 4 heteroatoms. The maximum absolute atomic E-state index is 5.29. The molecule has 1 N–H and O–H groups in total. The first-order valence-electron chi connectivity index (χ1n) is 9.86. The van der Waals surface area contributed by atoms with Crippen molar-refractivity contribution in [1.82, 2.24) is 15.1 Å². The zero-order chi connectivity index (χ0) is 19.9. The summed E-state index contributed by atoms with van der Waals surface area (Å²) < 4.78 is 7.25. The van der Waals surface area contributed by atoms with E-state index in [1.165, 1.54) is 11.1 Å². The molecule has 0 atom stereocenters. The van der Waals surface area contributed by atoms with Crippen LogP contribution in [-0.4, -0.2) is 23.4 Å². The summed E-state index contributed by atoms with van der Waals surface area (Å²) in [5.74, 6) is 0.846. The minimum Gasteiger partial charge on any atom is -0.497 e. The van der Waals surface area contributed by atoms with Gasteiger partial charge >= 0.3 is 0 Å². The Morgan fingerprint density at radius 3 is 2.24 bits per heavy atom. The van der Waals surface area contributed by atoms with E-state index in [9.17, 15) is 0 Å². The van der Waals surface area contributed by atoms with Gasteiger partial charge in [0.25, 0.3) is 0 Å². The summed E-state index contributed by atoms with van der Waals surface area (Å²) in [6.45, 7) is 1.68. The molecule has 1 aromatic heterocycles. The largest absolute Gasteiger partial charge is 0.497 e. The zero-order valence-electron chi connectivity index (χ0n) is 16.6. The Bertz CT molecular complexity index is 1020. The molecule has 4 aromatic rings. The highest BCUT2D eigenvalue weighted by molar-refractivity contribution is 5.64. The standard InChI is InChI=1S/C25H25N3O/c1-29-24-14-12-21(13-15-24)25-22(18-26-17-16-20-8-4-2-5-9-20)19-28(27-25)23-10-6-3-7-11-23/h2-15,19,26H,16-18H2,1H3. The van der Waals surface area contributed by atoms with Gasteiger partial charge < -0.3 is 10.1 Å². The van der Waals surface area contributed by atoms with Gasteiger partial charge in [0.05, 0.1) is 18.5 Å². The minimum atomic E-state index is 0.765. The first-order chi connectivity index (χ1) is 14.3. The Kier molecular flexibility index (Phi) is 6.03. The Morgan fingerprint density at radius 1 is 0.862 bits per heavy atom. The van der Waals surface area contributed by atoms with E-state index in [1.54, 1.807) is 7.11 Å². The number of hydrogen-bond donors (Lipinski definition) is 1. The van der Waals surface area contributed by atoms with Crippen LogP contribution < -0.4 is 10.1 Å². The Morgan fingerprint density at radius 2 is 1.55 bits per heavy atom.